The lowest BCUT2D eigenvalue weighted by Gasteiger charge is -2.31. The van der Waals surface area contributed by atoms with Crippen LogP contribution in [0.1, 0.15) is 11.3 Å². The zero-order valence-electron chi connectivity index (χ0n) is 15.7. The number of benzene rings is 1. The first-order valence-electron chi connectivity index (χ1n) is 8.90. The Morgan fingerprint density at radius 1 is 1.16 bits per heavy atom. The quantitative estimate of drug-likeness (QED) is 0.568. The van der Waals surface area contributed by atoms with Gasteiger partial charge < -0.3 is 9.64 Å². The van der Waals surface area contributed by atoms with Gasteiger partial charge in [0.05, 0.1) is 39.2 Å². The number of hydrogen-bond donors (Lipinski definition) is 0. The lowest BCUT2D eigenvalue weighted by Crippen LogP contribution is -2.29. The molecule has 2 aromatic heterocycles. The minimum absolute atomic E-state index is 0.0261. The maximum Gasteiger partial charge on any atom is 0.417 e. The number of nitrogens with zero attached hydrogens (tertiary/aromatic N) is 4. The van der Waals surface area contributed by atoms with Crippen molar-refractivity contribution in [1.29, 1.82) is 0 Å². The van der Waals surface area contributed by atoms with Crippen LogP contribution in [-0.2, 0) is 21.8 Å². The van der Waals surface area contributed by atoms with Crippen molar-refractivity contribution >= 4 is 32.9 Å². The van der Waals surface area contributed by atoms with Crippen molar-refractivity contribution in [2.24, 2.45) is 0 Å². The summed E-state index contributed by atoms with van der Waals surface area (Å²) in [6.07, 6.45) is -1.14. The summed E-state index contributed by atoms with van der Waals surface area (Å²) < 4.78 is 69.8. The van der Waals surface area contributed by atoms with E-state index in [1.165, 1.54) is 36.8 Å². The number of alkyl halides is 3. The fraction of sp³-hybridized carbons (Fsp3) is 0.211. The van der Waals surface area contributed by atoms with Gasteiger partial charge in [0.25, 0.3) is 0 Å². The average molecular weight is 471 g/mol. The summed E-state index contributed by atoms with van der Waals surface area (Å²) >= 11 is 6.08. The monoisotopic (exact) mass is 470 g/mol. The molecule has 0 radical (unpaired) electrons. The van der Waals surface area contributed by atoms with Crippen molar-refractivity contribution in [2.75, 3.05) is 18.1 Å². The van der Waals surface area contributed by atoms with Crippen LogP contribution < -0.4 is 9.64 Å². The Balaban J connectivity index is 1.66. The Kier molecular flexibility index (Phi) is 5.48. The third-order valence-electron chi connectivity index (χ3n) is 4.54. The van der Waals surface area contributed by atoms with E-state index >= 15 is 0 Å². The molecule has 12 heteroatoms. The van der Waals surface area contributed by atoms with Gasteiger partial charge in [-0.25, -0.2) is 23.4 Å². The summed E-state index contributed by atoms with van der Waals surface area (Å²) in [4.78, 5) is 13.2. The maximum atomic E-state index is 12.9. The normalized spacial score (nSPS) is 14.1. The van der Waals surface area contributed by atoms with Gasteiger partial charge in [-0.05, 0) is 24.3 Å². The standard InChI is InChI=1S/C19H14ClF3N4O3S/c20-15-7-12(19(21,22)23)9-25-18(15)27-5-6-30-17-8-14(1-2-16(17)27)31(28,29)10-13-3-4-24-11-26-13/h1-4,7-9,11H,5-6,10H2. The lowest BCUT2D eigenvalue weighted by atomic mass is 10.2. The molecular weight excluding hydrogens is 457 g/mol. The number of rotatable bonds is 4. The van der Waals surface area contributed by atoms with Gasteiger partial charge in [0.15, 0.2) is 15.7 Å². The van der Waals surface area contributed by atoms with Crippen LogP contribution in [0.25, 0.3) is 0 Å². The van der Waals surface area contributed by atoms with E-state index in [4.69, 9.17) is 16.3 Å². The van der Waals surface area contributed by atoms with Crippen LogP contribution in [0.4, 0.5) is 24.7 Å². The summed E-state index contributed by atoms with van der Waals surface area (Å²) in [5.41, 5.74) is -0.168. The van der Waals surface area contributed by atoms with E-state index in [9.17, 15) is 21.6 Å². The molecule has 1 aliphatic heterocycles. The van der Waals surface area contributed by atoms with Crippen LogP contribution in [0.2, 0.25) is 5.02 Å². The molecule has 0 fully saturated rings. The number of hydrogen-bond acceptors (Lipinski definition) is 7. The van der Waals surface area contributed by atoms with Gasteiger partial charge in [0, 0.05) is 18.5 Å². The fourth-order valence-corrected chi connectivity index (χ4v) is 4.64. The summed E-state index contributed by atoms with van der Waals surface area (Å²) in [6, 6.07) is 6.59. The van der Waals surface area contributed by atoms with Gasteiger partial charge in [0.1, 0.15) is 18.7 Å². The number of fused-ring (bicyclic) bond motifs is 1. The van der Waals surface area contributed by atoms with Crippen LogP contribution in [0, 0.1) is 0 Å². The molecule has 162 valence electrons. The highest BCUT2D eigenvalue weighted by atomic mass is 35.5. The number of ether oxygens (including phenoxy) is 1. The van der Waals surface area contributed by atoms with E-state index in [2.05, 4.69) is 15.0 Å². The summed E-state index contributed by atoms with van der Waals surface area (Å²) in [7, 11) is -3.71. The molecule has 0 N–H and O–H groups in total. The van der Waals surface area contributed by atoms with Gasteiger partial charge in [0.2, 0.25) is 0 Å². The van der Waals surface area contributed by atoms with Gasteiger partial charge >= 0.3 is 6.18 Å². The van der Waals surface area contributed by atoms with E-state index in [0.717, 1.165) is 6.07 Å². The van der Waals surface area contributed by atoms with Crippen molar-refractivity contribution in [3.63, 3.8) is 0 Å². The Morgan fingerprint density at radius 2 is 1.97 bits per heavy atom. The third kappa shape index (κ3) is 4.42. The Morgan fingerprint density at radius 3 is 2.65 bits per heavy atom. The van der Waals surface area contributed by atoms with E-state index in [1.54, 1.807) is 4.90 Å². The first-order valence-corrected chi connectivity index (χ1v) is 10.9. The smallest absolute Gasteiger partial charge is 0.417 e. The molecule has 0 atom stereocenters. The van der Waals surface area contributed by atoms with Crippen molar-refractivity contribution in [1.82, 2.24) is 15.0 Å². The molecule has 7 nitrogen and oxygen atoms in total. The van der Waals surface area contributed by atoms with Crippen LogP contribution in [-0.4, -0.2) is 36.5 Å². The molecule has 4 rings (SSSR count). The fourth-order valence-electron chi connectivity index (χ4n) is 3.08. The van der Waals surface area contributed by atoms with Crippen molar-refractivity contribution in [2.45, 2.75) is 16.8 Å². The van der Waals surface area contributed by atoms with Gasteiger partial charge in [-0.3, -0.25) is 0 Å². The van der Waals surface area contributed by atoms with Crippen molar-refractivity contribution in [3.05, 3.63) is 65.3 Å². The van der Waals surface area contributed by atoms with E-state index in [-0.39, 0.29) is 40.4 Å². The average Bonchev–Trinajstić information content (AvgIpc) is 2.73. The molecule has 3 heterocycles. The lowest BCUT2D eigenvalue weighted by molar-refractivity contribution is -0.137. The van der Waals surface area contributed by atoms with E-state index in [1.807, 2.05) is 0 Å². The van der Waals surface area contributed by atoms with Gasteiger partial charge in [-0.1, -0.05) is 11.6 Å². The third-order valence-corrected chi connectivity index (χ3v) is 6.47. The second kappa shape index (κ2) is 7.97. The molecule has 0 spiro atoms. The molecule has 0 aliphatic carbocycles. The molecule has 1 aliphatic rings. The maximum absolute atomic E-state index is 12.9. The molecule has 1 aromatic carbocycles. The number of halogens is 4. The predicted molar refractivity (Wildman–Crippen MR) is 106 cm³/mol. The second-order valence-electron chi connectivity index (χ2n) is 6.62. The molecule has 31 heavy (non-hydrogen) atoms. The van der Waals surface area contributed by atoms with E-state index in [0.29, 0.717) is 17.6 Å². The zero-order valence-corrected chi connectivity index (χ0v) is 17.2. The largest absolute Gasteiger partial charge is 0.489 e. The highest BCUT2D eigenvalue weighted by Gasteiger charge is 2.33. The highest BCUT2D eigenvalue weighted by Crippen LogP contribution is 2.41. The van der Waals surface area contributed by atoms with Crippen molar-refractivity contribution < 1.29 is 26.3 Å². The van der Waals surface area contributed by atoms with Crippen molar-refractivity contribution in [3.8, 4) is 5.75 Å². The Bertz CT molecular complexity index is 1220. The van der Waals surface area contributed by atoms with Crippen LogP contribution in [0.15, 0.2) is 53.9 Å². The van der Waals surface area contributed by atoms with Gasteiger partial charge in [-0.2, -0.15) is 13.2 Å². The number of pyridine rings is 1. The summed E-state index contributed by atoms with van der Waals surface area (Å²) in [5, 5.41) is -0.178. The topological polar surface area (TPSA) is 85.3 Å². The Hall–Kier alpha value is -2.92. The Labute approximate surface area is 180 Å². The highest BCUT2D eigenvalue weighted by molar-refractivity contribution is 7.90. The number of aromatic nitrogens is 3. The van der Waals surface area contributed by atoms with Gasteiger partial charge in [-0.15, -0.1) is 0 Å². The minimum atomic E-state index is -4.56. The first kappa shape index (κ1) is 21.3. The summed E-state index contributed by atoms with van der Waals surface area (Å²) in [6.45, 7) is 0.444. The predicted octanol–water partition coefficient (Wildman–Crippen LogP) is 4.05. The minimum Gasteiger partial charge on any atom is -0.489 e. The van der Waals surface area contributed by atoms with E-state index < -0.39 is 21.6 Å². The molecule has 0 saturated carbocycles. The number of anilines is 2. The van der Waals surface area contributed by atoms with Crippen LogP contribution >= 0.6 is 11.6 Å². The summed E-state index contributed by atoms with van der Waals surface area (Å²) in [5.74, 6) is 0.0632. The van der Waals surface area contributed by atoms with Crippen LogP contribution in [0.3, 0.4) is 0 Å². The van der Waals surface area contributed by atoms with Crippen LogP contribution in [0.5, 0.6) is 5.75 Å². The number of sulfone groups is 1. The SMILES string of the molecule is O=S(=O)(Cc1ccncn1)c1ccc2c(c1)OCCN2c1ncc(C(F)(F)F)cc1Cl. The molecule has 0 unspecified atom stereocenters. The zero-order chi connectivity index (χ0) is 22.2. The molecule has 0 saturated heterocycles. The molecule has 0 amide bonds. The molecule has 3 aromatic rings. The molecular formula is C19H14ClF3N4O3S. The second-order valence-corrected chi connectivity index (χ2v) is 9.01. The first-order chi connectivity index (χ1) is 14.6. The molecule has 0 bridgehead atoms.